The molecule has 0 atom stereocenters. The van der Waals surface area contributed by atoms with Crippen molar-refractivity contribution < 1.29 is 0 Å². The van der Waals surface area contributed by atoms with Gasteiger partial charge in [0.15, 0.2) is 0 Å². The normalized spacial score (nSPS) is 11.5. The number of pyridine rings is 4. The van der Waals surface area contributed by atoms with E-state index < -0.39 is 0 Å². The Morgan fingerprint density at radius 3 is 1.29 bits per heavy atom. The van der Waals surface area contributed by atoms with Gasteiger partial charge in [-0.15, -0.1) is 0 Å². The van der Waals surface area contributed by atoms with Crippen molar-refractivity contribution in [3.63, 3.8) is 0 Å². The number of fused-ring (bicyclic) bond motifs is 7. The van der Waals surface area contributed by atoms with Gasteiger partial charge in [-0.05, 0) is 97.0 Å². The largest absolute Gasteiger partial charge is 0.256 e. The highest BCUT2D eigenvalue weighted by Crippen LogP contribution is 2.43. The Kier molecular flexibility index (Phi) is 8.46. The Labute approximate surface area is 358 Å². The van der Waals surface area contributed by atoms with Crippen LogP contribution in [-0.4, -0.2) is 19.9 Å². The first-order chi connectivity index (χ1) is 30.7. The summed E-state index contributed by atoms with van der Waals surface area (Å²) in [5.41, 5.74) is 14.1. The maximum Gasteiger partial charge on any atom is 0.0978 e. The van der Waals surface area contributed by atoms with E-state index in [4.69, 9.17) is 9.97 Å². The van der Waals surface area contributed by atoms with Crippen LogP contribution in [0.4, 0.5) is 0 Å². The van der Waals surface area contributed by atoms with Crippen molar-refractivity contribution in [2.75, 3.05) is 0 Å². The van der Waals surface area contributed by atoms with Crippen LogP contribution in [0.1, 0.15) is 0 Å². The lowest BCUT2D eigenvalue weighted by Gasteiger charge is -2.17. The molecule has 0 unspecified atom stereocenters. The van der Waals surface area contributed by atoms with Gasteiger partial charge in [0.25, 0.3) is 0 Å². The molecule has 0 saturated heterocycles. The fourth-order valence-corrected chi connectivity index (χ4v) is 9.15. The lowest BCUT2D eigenvalue weighted by molar-refractivity contribution is 1.33. The van der Waals surface area contributed by atoms with Gasteiger partial charge >= 0.3 is 0 Å². The van der Waals surface area contributed by atoms with Crippen LogP contribution in [-0.2, 0) is 0 Å². The molecule has 12 aromatic rings. The summed E-state index contributed by atoms with van der Waals surface area (Å²) in [6.45, 7) is 0. The lowest BCUT2D eigenvalue weighted by atomic mass is 9.91. The molecule has 0 spiro atoms. The molecule has 288 valence electrons. The molecule has 0 fully saturated rings. The third kappa shape index (κ3) is 6.08. The van der Waals surface area contributed by atoms with Crippen LogP contribution in [0.25, 0.3) is 121 Å². The zero-order chi connectivity index (χ0) is 41.0. The molecule has 8 aromatic carbocycles. The first kappa shape index (κ1) is 35.6. The molecule has 4 heterocycles. The van der Waals surface area contributed by atoms with E-state index in [1.807, 2.05) is 42.7 Å². The molecule has 0 bridgehead atoms. The molecule has 12 rings (SSSR count). The van der Waals surface area contributed by atoms with Gasteiger partial charge in [0.1, 0.15) is 0 Å². The van der Waals surface area contributed by atoms with E-state index in [0.717, 1.165) is 99.9 Å². The predicted molar refractivity (Wildman–Crippen MR) is 258 cm³/mol. The Bertz CT molecular complexity index is 3650. The molecular weight excluding hydrogens is 753 g/mol. The maximum absolute atomic E-state index is 5.69. The Morgan fingerprint density at radius 1 is 0.242 bits per heavy atom. The van der Waals surface area contributed by atoms with Crippen molar-refractivity contribution in [1.29, 1.82) is 0 Å². The zero-order valence-corrected chi connectivity index (χ0v) is 33.6. The molecule has 0 N–H and O–H groups in total. The average Bonchev–Trinajstić information content (AvgIpc) is 3.36. The quantitative estimate of drug-likeness (QED) is 0.158. The summed E-state index contributed by atoms with van der Waals surface area (Å²) in [5, 5.41) is 9.17. The van der Waals surface area contributed by atoms with E-state index >= 15 is 0 Å². The number of nitrogens with zero attached hydrogens (tertiary/aromatic N) is 4. The van der Waals surface area contributed by atoms with Crippen molar-refractivity contribution in [3.05, 3.63) is 219 Å². The highest BCUT2D eigenvalue weighted by molar-refractivity contribution is 6.17. The Balaban J connectivity index is 1.16. The summed E-state index contributed by atoms with van der Waals surface area (Å²) in [7, 11) is 0. The van der Waals surface area contributed by atoms with Gasteiger partial charge in [-0.1, -0.05) is 164 Å². The lowest BCUT2D eigenvalue weighted by Crippen LogP contribution is -1.96. The fourth-order valence-electron chi connectivity index (χ4n) is 9.15. The number of rotatable bonds is 6. The van der Waals surface area contributed by atoms with E-state index in [1.165, 1.54) is 21.5 Å². The molecule has 0 aliphatic heterocycles. The number of benzene rings is 8. The number of aromatic nitrogens is 4. The molecule has 62 heavy (non-hydrogen) atoms. The molecule has 0 aliphatic rings. The van der Waals surface area contributed by atoms with Crippen molar-refractivity contribution in [1.82, 2.24) is 19.9 Å². The average molecular weight is 789 g/mol. The molecule has 4 heteroatoms. The summed E-state index contributed by atoms with van der Waals surface area (Å²) >= 11 is 0. The maximum atomic E-state index is 5.69. The van der Waals surface area contributed by atoms with Crippen LogP contribution < -0.4 is 0 Å². The first-order valence-electron chi connectivity index (χ1n) is 20.9. The predicted octanol–water partition coefficient (Wildman–Crippen LogP) is 15.0. The molecule has 4 aromatic heterocycles. The van der Waals surface area contributed by atoms with Crippen molar-refractivity contribution in [2.45, 2.75) is 0 Å². The summed E-state index contributed by atoms with van der Waals surface area (Å²) in [4.78, 5) is 20.6. The minimum Gasteiger partial charge on any atom is -0.256 e. The van der Waals surface area contributed by atoms with Crippen LogP contribution in [0, 0.1) is 0 Å². The van der Waals surface area contributed by atoms with Crippen LogP contribution in [0.2, 0.25) is 0 Å². The van der Waals surface area contributed by atoms with Gasteiger partial charge < -0.3 is 0 Å². The Hall–Kier alpha value is -8.34. The van der Waals surface area contributed by atoms with E-state index in [2.05, 4.69) is 186 Å². The van der Waals surface area contributed by atoms with Crippen LogP contribution in [0.15, 0.2) is 219 Å². The summed E-state index contributed by atoms with van der Waals surface area (Å²) < 4.78 is 0. The summed E-state index contributed by atoms with van der Waals surface area (Å²) in [5.74, 6) is 0. The molecule has 0 saturated carbocycles. The summed E-state index contributed by atoms with van der Waals surface area (Å²) in [6.07, 6.45) is 3.68. The van der Waals surface area contributed by atoms with Crippen molar-refractivity contribution >= 4 is 54.1 Å². The van der Waals surface area contributed by atoms with Crippen LogP contribution in [0.3, 0.4) is 0 Å². The Morgan fingerprint density at radius 2 is 0.710 bits per heavy atom. The van der Waals surface area contributed by atoms with Gasteiger partial charge in [0.2, 0.25) is 0 Å². The van der Waals surface area contributed by atoms with Gasteiger partial charge in [-0.25, -0.2) is 9.97 Å². The molecule has 0 radical (unpaired) electrons. The molecule has 4 nitrogen and oxygen atoms in total. The van der Waals surface area contributed by atoms with Gasteiger partial charge in [0, 0.05) is 45.4 Å². The third-order valence-corrected chi connectivity index (χ3v) is 12.2. The zero-order valence-electron chi connectivity index (χ0n) is 33.6. The second-order valence-electron chi connectivity index (χ2n) is 15.8. The van der Waals surface area contributed by atoms with E-state index in [9.17, 15) is 0 Å². The number of hydrogen-bond acceptors (Lipinski definition) is 4. The fraction of sp³-hybridized carbons (Fsp3) is 0. The van der Waals surface area contributed by atoms with Gasteiger partial charge in [-0.3, -0.25) is 9.97 Å². The van der Waals surface area contributed by atoms with Gasteiger partial charge in [-0.2, -0.15) is 0 Å². The number of hydrogen-bond donors (Lipinski definition) is 0. The van der Waals surface area contributed by atoms with Crippen LogP contribution in [0.5, 0.6) is 0 Å². The smallest absolute Gasteiger partial charge is 0.0978 e. The van der Waals surface area contributed by atoms with E-state index in [1.54, 1.807) is 0 Å². The second-order valence-corrected chi connectivity index (χ2v) is 15.8. The SMILES string of the molecule is c1ccc(-c2ccc(-c3cc(-c4cccc5ccccc45)nc4c3ccc3c(-c5ccc(-c6ccccn6)cc5)cc(-c5cc6ccccc6c6ccccc56)nc34)cc2)nc1. The minimum absolute atomic E-state index is 0.856. The monoisotopic (exact) mass is 788 g/mol. The summed E-state index contributed by atoms with van der Waals surface area (Å²) in [6, 6.07) is 73.2. The van der Waals surface area contributed by atoms with Crippen molar-refractivity contribution in [3.8, 4) is 67.3 Å². The second kappa shape index (κ2) is 14.7. The standard InChI is InChI=1S/C58H36N4/c1-3-15-43-37(12-1)14-11-19-47(43)55-35-50(38-22-26-40(27-23-38)53-20-7-9-32-59-53)48-30-31-49-51(39-24-28-41(29-25-39)54-21-8-10-33-60-54)36-56(62-58(49)57(48)61-55)52-34-42-13-2-4-16-44(42)45-17-5-6-18-46(45)52/h1-36H. The third-order valence-electron chi connectivity index (χ3n) is 12.2. The first-order valence-corrected chi connectivity index (χ1v) is 20.9. The highest BCUT2D eigenvalue weighted by Gasteiger charge is 2.20. The van der Waals surface area contributed by atoms with Gasteiger partial charge in [0.05, 0.1) is 33.8 Å². The van der Waals surface area contributed by atoms with Crippen molar-refractivity contribution in [2.24, 2.45) is 0 Å². The van der Waals surface area contributed by atoms with Crippen LogP contribution >= 0.6 is 0 Å². The molecular formula is C58H36N4. The van der Waals surface area contributed by atoms with E-state index in [0.29, 0.717) is 0 Å². The molecule has 0 amide bonds. The topological polar surface area (TPSA) is 51.6 Å². The minimum atomic E-state index is 0.856. The van der Waals surface area contributed by atoms with E-state index in [-0.39, 0.29) is 0 Å². The highest BCUT2D eigenvalue weighted by atomic mass is 14.8. The molecule has 0 aliphatic carbocycles.